The zero-order chi connectivity index (χ0) is 8.69. The van der Waals surface area contributed by atoms with Crippen molar-refractivity contribution in [3.8, 4) is 0 Å². The highest BCUT2D eigenvalue weighted by atomic mass is 13.9. The Morgan fingerprint density at radius 3 is 2.18 bits per heavy atom. The molecule has 64 valence electrons. The summed E-state index contributed by atoms with van der Waals surface area (Å²) in [5, 5.41) is 0. The van der Waals surface area contributed by atoms with Gasteiger partial charge in [0.1, 0.15) is 0 Å². The molecule has 0 amide bonds. The van der Waals surface area contributed by atoms with Gasteiger partial charge in [0.15, 0.2) is 0 Å². The van der Waals surface area contributed by atoms with Gasteiger partial charge in [-0.3, -0.25) is 0 Å². The Kier molecular flexibility index (Phi) is 5.91. The highest BCUT2D eigenvalue weighted by Crippen LogP contribution is 2.06. The first kappa shape index (κ1) is 10.5. The Hall–Kier alpha value is -0.520. The van der Waals surface area contributed by atoms with E-state index in [1.165, 1.54) is 30.4 Å². The van der Waals surface area contributed by atoms with E-state index in [9.17, 15) is 0 Å². The van der Waals surface area contributed by atoms with Crippen LogP contribution in [0, 0.1) is 0 Å². The average molecular weight is 152 g/mol. The molecule has 0 aliphatic carbocycles. The van der Waals surface area contributed by atoms with Crippen molar-refractivity contribution < 1.29 is 0 Å². The van der Waals surface area contributed by atoms with E-state index in [0.29, 0.717) is 0 Å². The molecule has 0 radical (unpaired) electrons. The van der Waals surface area contributed by atoms with Gasteiger partial charge in [0.2, 0.25) is 0 Å². The maximum atomic E-state index is 2.30. The van der Waals surface area contributed by atoms with Crippen LogP contribution in [0.15, 0.2) is 23.3 Å². The molecule has 0 N–H and O–H groups in total. The van der Waals surface area contributed by atoms with Gasteiger partial charge in [-0.25, -0.2) is 0 Å². The van der Waals surface area contributed by atoms with Crippen LogP contribution in [-0.4, -0.2) is 0 Å². The fraction of sp³-hybridized carbons (Fsp3) is 0.636. The molecule has 0 fully saturated rings. The minimum absolute atomic E-state index is 1.17. The number of hydrogen-bond donors (Lipinski definition) is 0. The van der Waals surface area contributed by atoms with Gasteiger partial charge < -0.3 is 0 Å². The molecule has 0 spiro atoms. The van der Waals surface area contributed by atoms with Gasteiger partial charge in [-0.1, -0.05) is 30.2 Å². The molecule has 0 saturated carbocycles. The van der Waals surface area contributed by atoms with Crippen LogP contribution in [-0.2, 0) is 0 Å². The zero-order valence-corrected chi connectivity index (χ0v) is 8.28. The number of rotatable bonds is 4. The van der Waals surface area contributed by atoms with Crippen LogP contribution in [0.2, 0.25) is 0 Å². The predicted molar refractivity (Wildman–Crippen MR) is 52.7 cm³/mol. The quantitative estimate of drug-likeness (QED) is 0.532. The normalized spacial score (nSPS) is 11.5. The van der Waals surface area contributed by atoms with E-state index in [1.54, 1.807) is 0 Å². The second-order valence-corrected chi connectivity index (χ2v) is 3.28. The molecular formula is C11H20. The summed E-state index contributed by atoms with van der Waals surface area (Å²) in [7, 11) is 0. The van der Waals surface area contributed by atoms with E-state index in [-0.39, 0.29) is 0 Å². The first-order valence-electron chi connectivity index (χ1n) is 4.45. The van der Waals surface area contributed by atoms with Crippen LogP contribution in [0.1, 0.15) is 47.0 Å². The van der Waals surface area contributed by atoms with Gasteiger partial charge in [-0.05, 0) is 40.0 Å². The Bertz CT molecular complexity index is 145. The van der Waals surface area contributed by atoms with E-state index >= 15 is 0 Å². The fourth-order valence-corrected chi connectivity index (χ4v) is 1.04. The lowest BCUT2D eigenvalue weighted by Gasteiger charge is -1.96. The summed E-state index contributed by atoms with van der Waals surface area (Å²) in [6, 6.07) is 0. The maximum absolute atomic E-state index is 2.30. The molecule has 0 rings (SSSR count). The van der Waals surface area contributed by atoms with E-state index in [4.69, 9.17) is 0 Å². The summed E-state index contributed by atoms with van der Waals surface area (Å²) in [5.41, 5.74) is 2.94. The molecule has 0 nitrogen and oxygen atoms in total. The highest BCUT2D eigenvalue weighted by Gasteiger charge is 1.86. The van der Waals surface area contributed by atoms with E-state index in [0.717, 1.165) is 0 Å². The van der Waals surface area contributed by atoms with Gasteiger partial charge in [0.25, 0.3) is 0 Å². The summed E-state index contributed by atoms with van der Waals surface area (Å²) in [5.74, 6) is 0. The first-order chi connectivity index (χ1) is 5.16. The summed E-state index contributed by atoms with van der Waals surface area (Å²) in [6.45, 7) is 8.70. The molecule has 11 heavy (non-hydrogen) atoms. The maximum Gasteiger partial charge on any atom is -0.0288 e. The highest BCUT2D eigenvalue weighted by molar-refractivity contribution is 5.01. The van der Waals surface area contributed by atoms with Crippen LogP contribution >= 0.6 is 0 Å². The largest absolute Gasteiger partial charge is 0.0859 e. The van der Waals surface area contributed by atoms with Crippen molar-refractivity contribution in [1.82, 2.24) is 0 Å². The van der Waals surface area contributed by atoms with E-state index in [2.05, 4.69) is 39.8 Å². The molecule has 0 bridgehead atoms. The molecule has 0 unspecified atom stereocenters. The minimum Gasteiger partial charge on any atom is -0.0859 e. The van der Waals surface area contributed by atoms with E-state index in [1.807, 2.05) is 0 Å². The topological polar surface area (TPSA) is 0 Å². The van der Waals surface area contributed by atoms with Crippen molar-refractivity contribution in [3.63, 3.8) is 0 Å². The summed E-state index contributed by atoms with van der Waals surface area (Å²) < 4.78 is 0. The molecule has 0 aromatic carbocycles. The lowest BCUT2D eigenvalue weighted by Crippen LogP contribution is -1.76. The molecule has 0 heteroatoms. The molecule has 0 aliphatic heterocycles. The van der Waals surface area contributed by atoms with Crippen LogP contribution in [0.4, 0.5) is 0 Å². The third-order valence-corrected chi connectivity index (χ3v) is 1.64. The minimum atomic E-state index is 1.17. The Labute approximate surface area is 71.0 Å². The average Bonchev–Trinajstić information content (AvgIpc) is 1.87. The van der Waals surface area contributed by atoms with Gasteiger partial charge in [-0.2, -0.15) is 0 Å². The summed E-state index contributed by atoms with van der Waals surface area (Å²) in [6.07, 6.45) is 8.19. The third-order valence-electron chi connectivity index (χ3n) is 1.64. The van der Waals surface area contributed by atoms with Gasteiger partial charge in [0, 0.05) is 0 Å². The van der Waals surface area contributed by atoms with Gasteiger partial charge in [-0.15, -0.1) is 0 Å². The fourth-order valence-electron chi connectivity index (χ4n) is 1.04. The monoisotopic (exact) mass is 152 g/mol. The van der Waals surface area contributed by atoms with Crippen molar-refractivity contribution in [2.24, 2.45) is 0 Å². The standard InChI is InChI=1S/C11H20/c1-5-7-11(4)9-6-8-10(2)3/h7-8H,5-6,9H2,1-4H3/b11-7-. The molecule has 0 atom stereocenters. The predicted octanol–water partition coefficient (Wildman–Crippen LogP) is 4.09. The van der Waals surface area contributed by atoms with Crippen molar-refractivity contribution >= 4 is 0 Å². The summed E-state index contributed by atoms with van der Waals surface area (Å²) >= 11 is 0. The van der Waals surface area contributed by atoms with Crippen LogP contribution < -0.4 is 0 Å². The number of hydrogen-bond acceptors (Lipinski definition) is 0. The molecule has 0 aromatic rings. The second kappa shape index (κ2) is 6.21. The lowest BCUT2D eigenvalue weighted by atomic mass is 10.1. The molecule has 0 aliphatic rings. The SMILES string of the molecule is CC/C=C(/C)CCC=C(C)C. The lowest BCUT2D eigenvalue weighted by molar-refractivity contribution is 0.952. The zero-order valence-electron chi connectivity index (χ0n) is 8.28. The molecule has 0 saturated heterocycles. The third kappa shape index (κ3) is 7.38. The van der Waals surface area contributed by atoms with Crippen LogP contribution in [0.3, 0.4) is 0 Å². The molecule has 0 aromatic heterocycles. The van der Waals surface area contributed by atoms with Crippen molar-refractivity contribution in [2.75, 3.05) is 0 Å². The second-order valence-electron chi connectivity index (χ2n) is 3.28. The van der Waals surface area contributed by atoms with Crippen molar-refractivity contribution in [2.45, 2.75) is 47.0 Å². The summed E-state index contributed by atoms with van der Waals surface area (Å²) in [4.78, 5) is 0. The number of allylic oxidation sites excluding steroid dienone is 4. The van der Waals surface area contributed by atoms with Crippen LogP contribution in [0.25, 0.3) is 0 Å². The van der Waals surface area contributed by atoms with Crippen molar-refractivity contribution in [3.05, 3.63) is 23.3 Å². The van der Waals surface area contributed by atoms with E-state index < -0.39 is 0 Å². The first-order valence-corrected chi connectivity index (χ1v) is 4.45. The Balaban J connectivity index is 3.54. The Morgan fingerprint density at radius 2 is 1.73 bits per heavy atom. The smallest absolute Gasteiger partial charge is 0.0288 e. The van der Waals surface area contributed by atoms with Gasteiger partial charge >= 0.3 is 0 Å². The van der Waals surface area contributed by atoms with Gasteiger partial charge in [0.05, 0.1) is 0 Å². The van der Waals surface area contributed by atoms with Crippen LogP contribution in [0.5, 0.6) is 0 Å². The van der Waals surface area contributed by atoms with Crippen molar-refractivity contribution in [1.29, 1.82) is 0 Å². The molecule has 0 heterocycles. The molecular weight excluding hydrogens is 132 g/mol. The Morgan fingerprint density at radius 1 is 1.09 bits per heavy atom.